The number of anilines is 1. The molecule has 0 aromatic heterocycles. The third-order valence-electron chi connectivity index (χ3n) is 2.51. The van der Waals surface area contributed by atoms with E-state index in [9.17, 15) is 9.18 Å². The molecule has 0 bridgehead atoms. The molecule has 2 aromatic carbocycles. The van der Waals surface area contributed by atoms with Crippen LogP contribution in [-0.4, -0.2) is 5.97 Å². The largest absolute Gasteiger partial charge is 0.457 e. The Bertz CT molecular complexity index is 643. The fraction of sp³-hybridized carbons (Fsp3) is 0.0714. The molecule has 0 atom stereocenters. The van der Waals surface area contributed by atoms with Gasteiger partial charge in [0.05, 0.1) is 10.6 Å². The Hall–Kier alpha value is -1.59. The standard InChI is InChI=1S/C14H10BrClFNO2/c15-9-3-8(4-10(17)5-9)7-20-14(19)12-2-1-11(18)6-13(12)16/h1-6H,7,18H2. The summed E-state index contributed by atoms with van der Waals surface area (Å²) in [7, 11) is 0. The van der Waals surface area contributed by atoms with Crippen molar-refractivity contribution in [1.29, 1.82) is 0 Å². The zero-order chi connectivity index (χ0) is 14.7. The lowest BCUT2D eigenvalue weighted by molar-refractivity contribution is 0.0472. The van der Waals surface area contributed by atoms with Gasteiger partial charge < -0.3 is 10.5 Å². The molecule has 104 valence electrons. The highest BCUT2D eigenvalue weighted by atomic mass is 79.9. The lowest BCUT2D eigenvalue weighted by Crippen LogP contribution is -2.06. The molecule has 6 heteroatoms. The van der Waals surface area contributed by atoms with E-state index in [-0.39, 0.29) is 17.2 Å². The van der Waals surface area contributed by atoms with Gasteiger partial charge in [0, 0.05) is 10.2 Å². The predicted molar refractivity (Wildman–Crippen MR) is 79.1 cm³/mol. The van der Waals surface area contributed by atoms with E-state index in [0.717, 1.165) is 0 Å². The van der Waals surface area contributed by atoms with Crippen molar-refractivity contribution in [2.75, 3.05) is 5.73 Å². The van der Waals surface area contributed by atoms with E-state index in [1.807, 2.05) is 0 Å². The molecule has 0 amide bonds. The molecule has 3 nitrogen and oxygen atoms in total. The smallest absolute Gasteiger partial charge is 0.339 e. The number of nitrogen functional groups attached to an aromatic ring is 1. The molecule has 0 spiro atoms. The van der Waals surface area contributed by atoms with Gasteiger partial charge in [-0.05, 0) is 42.0 Å². The number of carbonyl (C=O) groups excluding carboxylic acids is 1. The van der Waals surface area contributed by atoms with Crippen LogP contribution < -0.4 is 5.73 Å². The van der Waals surface area contributed by atoms with Gasteiger partial charge in [-0.1, -0.05) is 27.5 Å². The predicted octanol–water partition coefficient (Wildman–Crippen LogP) is 4.18. The zero-order valence-corrected chi connectivity index (χ0v) is 12.5. The Morgan fingerprint density at radius 1 is 1.30 bits per heavy atom. The first kappa shape index (κ1) is 14.8. The molecule has 2 rings (SSSR count). The van der Waals surface area contributed by atoms with Gasteiger partial charge in [-0.2, -0.15) is 0 Å². The number of halogens is 3. The first-order valence-electron chi connectivity index (χ1n) is 5.63. The first-order valence-corrected chi connectivity index (χ1v) is 6.80. The van der Waals surface area contributed by atoms with Crippen LogP contribution in [0, 0.1) is 5.82 Å². The second-order valence-corrected chi connectivity index (χ2v) is 5.42. The average molecular weight is 359 g/mol. The molecule has 0 saturated carbocycles. The fourth-order valence-corrected chi connectivity index (χ4v) is 2.40. The van der Waals surface area contributed by atoms with Crippen LogP contribution in [0.1, 0.15) is 15.9 Å². The maximum absolute atomic E-state index is 13.2. The number of ether oxygens (including phenoxy) is 1. The molecule has 2 N–H and O–H groups in total. The summed E-state index contributed by atoms with van der Waals surface area (Å²) in [4.78, 5) is 11.9. The highest BCUT2D eigenvalue weighted by Crippen LogP contribution is 2.21. The molecule has 0 aliphatic rings. The molecule has 2 aromatic rings. The summed E-state index contributed by atoms with van der Waals surface area (Å²) in [6.45, 7) is -0.0457. The summed E-state index contributed by atoms with van der Waals surface area (Å²) in [6, 6.07) is 8.80. The summed E-state index contributed by atoms with van der Waals surface area (Å²) in [5, 5.41) is 0.218. The summed E-state index contributed by atoms with van der Waals surface area (Å²) in [5.74, 6) is -0.994. The molecule has 0 fully saturated rings. The second-order valence-electron chi connectivity index (χ2n) is 4.09. The maximum atomic E-state index is 13.2. The van der Waals surface area contributed by atoms with Crippen molar-refractivity contribution >= 4 is 39.2 Å². The van der Waals surface area contributed by atoms with Crippen LogP contribution >= 0.6 is 27.5 Å². The van der Waals surface area contributed by atoms with Crippen LogP contribution in [-0.2, 0) is 11.3 Å². The fourth-order valence-electron chi connectivity index (χ4n) is 1.62. The van der Waals surface area contributed by atoms with Crippen LogP contribution in [0.2, 0.25) is 5.02 Å². The third kappa shape index (κ3) is 3.71. The molecule has 0 aliphatic carbocycles. The Morgan fingerprint density at radius 2 is 2.05 bits per heavy atom. The number of esters is 1. The van der Waals surface area contributed by atoms with Crippen molar-refractivity contribution in [3.05, 3.63) is 62.8 Å². The molecular weight excluding hydrogens is 349 g/mol. The van der Waals surface area contributed by atoms with Crippen LogP contribution in [0.25, 0.3) is 0 Å². The summed E-state index contributed by atoms with van der Waals surface area (Å²) in [6.07, 6.45) is 0. The van der Waals surface area contributed by atoms with Gasteiger partial charge in [0.2, 0.25) is 0 Å². The van der Waals surface area contributed by atoms with E-state index >= 15 is 0 Å². The lowest BCUT2D eigenvalue weighted by Gasteiger charge is -2.07. The maximum Gasteiger partial charge on any atom is 0.339 e. The Kier molecular flexibility index (Phi) is 4.62. The van der Waals surface area contributed by atoms with E-state index in [1.54, 1.807) is 12.1 Å². The molecule has 0 radical (unpaired) electrons. The normalized spacial score (nSPS) is 10.3. The quantitative estimate of drug-likeness (QED) is 0.661. The molecule has 0 heterocycles. The van der Waals surface area contributed by atoms with Crippen molar-refractivity contribution < 1.29 is 13.9 Å². The number of benzene rings is 2. The highest BCUT2D eigenvalue weighted by Gasteiger charge is 2.12. The van der Waals surface area contributed by atoms with E-state index in [0.29, 0.717) is 15.7 Å². The van der Waals surface area contributed by atoms with Crippen molar-refractivity contribution in [2.45, 2.75) is 6.61 Å². The topological polar surface area (TPSA) is 52.3 Å². The SMILES string of the molecule is Nc1ccc(C(=O)OCc2cc(F)cc(Br)c2)c(Cl)c1. The number of hydrogen-bond acceptors (Lipinski definition) is 3. The van der Waals surface area contributed by atoms with Crippen LogP contribution in [0.4, 0.5) is 10.1 Å². The van der Waals surface area contributed by atoms with Gasteiger partial charge in [-0.3, -0.25) is 0 Å². The minimum atomic E-state index is -0.588. The first-order chi connectivity index (χ1) is 9.45. The van der Waals surface area contributed by atoms with Gasteiger partial charge >= 0.3 is 5.97 Å². The van der Waals surface area contributed by atoms with E-state index in [4.69, 9.17) is 22.1 Å². The summed E-state index contributed by atoms with van der Waals surface area (Å²) < 4.78 is 18.8. The Labute approximate surface area is 128 Å². The highest BCUT2D eigenvalue weighted by molar-refractivity contribution is 9.10. The van der Waals surface area contributed by atoms with Crippen LogP contribution in [0.15, 0.2) is 40.9 Å². The van der Waals surface area contributed by atoms with Gasteiger partial charge in [-0.15, -0.1) is 0 Å². The third-order valence-corrected chi connectivity index (χ3v) is 3.28. The monoisotopic (exact) mass is 357 g/mol. The minimum absolute atomic E-state index is 0.0457. The number of rotatable bonds is 3. The van der Waals surface area contributed by atoms with E-state index in [2.05, 4.69) is 15.9 Å². The van der Waals surface area contributed by atoms with Crippen LogP contribution in [0.5, 0.6) is 0 Å². The van der Waals surface area contributed by atoms with Gasteiger partial charge in [-0.25, -0.2) is 9.18 Å². The molecule has 0 aliphatic heterocycles. The zero-order valence-electron chi connectivity index (χ0n) is 10.2. The second kappa shape index (κ2) is 6.24. The summed E-state index contributed by atoms with van der Waals surface area (Å²) >= 11 is 9.08. The molecule has 20 heavy (non-hydrogen) atoms. The van der Waals surface area contributed by atoms with Crippen molar-refractivity contribution in [2.24, 2.45) is 0 Å². The van der Waals surface area contributed by atoms with Crippen molar-refractivity contribution in [3.8, 4) is 0 Å². The Balaban J connectivity index is 2.08. The van der Waals surface area contributed by atoms with Crippen molar-refractivity contribution in [1.82, 2.24) is 0 Å². The molecule has 0 unspecified atom stereocenters. The van der Waals surface area contributed by atoms with Crippen molar-refractivity contribution in [3.63, 3.8) is 0 Å². The lowest BCUT2D eigenvalue weighted by atomic mass is 10.2. The number of carbonyl (C=O) groups is 1. The van der Waals surface area contributed by atoms with Gasteiger partial charge in [0.15, 0.2) is 0 Å². The molecular formula is C14H10BrClFNO2. The average Bonchev–Trinajstić information content (AvgIpc) is 2.35. The van der Waals surface area contributed by atoms with E-state index < -0.39 is 11.8 Å². The Morgan fingerprint density at radius 3 is 2.70 bits per heavy atom. The van der Waals surface area contributed by atoms with Crippen LogP contribution in [0.3, 0.4) is 0 Å². The molecule has 0 saturated heterocycles. The van der Waals surface area contributed by atoms with Gasteiger partial charge in [0.25, 0.3) is 0 Å². The number of hydrogen-bond donors (Lipinski definition) is 1. The summed E-state index contributed by atoms with van der Waals surface area (Å²) in [5.41, 5.74) is 6.76. The number of nitrogens with two attached hydrogens (primary N) is 1. The van der Waals surface area contributed by atoms with Gasteiger partial charge in [0.1, 0.15) is 12.4 Å². The van der Waals surface area contributed by atoms with E-state index in [1.165, 1.54) is 24.3 Å². The minimum Gasteiger partial charge on any atom is -0.457 e.